The number of benzene rings is 2. The van der Waals surface area contributed by atoms with Crippen molar-refractivity contribution in [2.75, 3.05) is 19.7 Å². The Morgan fingerprint density at radius 1 is 1.22 bits per heavy atom. The highest BCUT2D eigenvalue weighted by atomic mass is 35.5. The molecule has 1 saturated heterocycles. The third-order valence-corrected chi connectivity index (χ3v) is 8.27. The average Bonchev–Trinajstić information content (AvgIpc) is 3.52. The number of nitrogens with one attached hydrogen (secondary N) is 1. The number of hydrogen-bond donors (Lipinski definition) is 3. The molecule has 1 aliphatic rings. The second-order valence-corrected chi connectivity index (χ2v) is 10.9. The highest BCUT2D eigenvalue weighted by Crippen LogP contribution is 2.40. The van der Waals surface area contributed by atoms with E-state index in [2.05, 4.69) is 28.9 Å². The maximum atomic E-state index is 10.6. The number of Topliss-reactive ketones (excluding diaryl/α,β-unsaturated/α-hetero) is 1. The number of carboxylic acid groups (broad SMARTS) is 1. The van der Waals surface area contributed by atoms with Crippen molar-refractivity contribution in [3.8, 4) is 5.75 Å². The van der Waals surface area contributed by atoms with Crippen LogP contribution in [0.4, 0.5) is 0 Å². The lowest BCUT2D eigenvalue weighted by Gasteiger charge is -2.38. The molecule has 0 spiro atoms. The van der Waals surface area contributed by atoms with Crippen molar-refractivity contribution in [2.45, 2.75) is 44.8 Å². The van der Waals surface area contributed by atoms with Gasteiger partial charge in [0.2, 0.25) is 5.78 Å². The summed E-state index contributed by atoms with van der Waals surface area (Å²) in [6.07, 6.45) is 3.59. The fraction of sp³-hybridized carbons (Fsp3) is 0.357. The number of hydrogen-bond acceptors (Lipinski definition) is 6. The van der Waals surface area contributed by atoms with Crippen molar-refractivity contribution in [3.05, 3.63) is 64.6 Å². The number of halogens is 1. The number of aliphatic carboxylic acids is 1. The Labute approximate surface area is 224 Å². The van der Waals surface area contributed by atoms with Crippen LogP contribution in [-0.2, 0) is 9.59 Å². The van der Waals surface area contributed by atoms with Gasteiger partial charge in [-0.05, 0) is 68.6 Å². The predicted octanol–water partition coefficient (Wildman–Crippen LogP) is 5.70. The molecule has 0 aliphatic carbocycles. The number of aromatic amines is 1. The monoisotopic (exact) mass is 542 g/mol. The molecule has 37 heavy (non-hydrogen) atoms. The van der Waals surface area contributed by atoms with E-state index in [1.165, 1.54) is 15.0 Å². The van der Waals surface area contributed by atoms with Crippen LogP contribution in [0.1, 0.15) is 37.5 Å². The van der Waals surface area contributed by atoms with Crippen LogP contribution in [-0.4, -0.2) is 63.7 Å². The molecule has 3 atom stereocenters. The smallest absolute Gasteiger partial charge is 0.371 e. The number of carboxylic acids is 1. The minimum atomic E-state index is -1.38. The number of ketones is 1. The first-order chi connectivity index (χ1) is 17.7. The normalized spacial score (nSPS) is 18.8. The molecule has 2 aromatic heterocycles. The molecule has 5 rings (SSSR count). The zero-order valence-corrected chi connectivity index (χ0v) is 22.4. The lowest BCUT2D eigenvalue weighted by Crippen LogP contribution is -2.45. The lowest BCUT2D eigenvalue weighted by molar-refractivity contribution is -0.148. The molecule has 9 heteroatoms. The van der Waals surface area contributed by atoms with E-state index in [-0.39, 0.29) is 0 Å². The number of thiophene rings is 1. The fourth-order valence-corrected chi connectivity index (χ4v) is 6.21. The highest BCUT2D eigenvalue weighted by Gasteiger charge is 2.29. The SMILES string of the molecule is CC(=O)C(=O)O.CC1CC(c2cc3c(Cl)cccc3s2)CCN1CC(O)COc1cccc2[nH]ccc12. The number of rotatable bonds is 7. The number of ether oxygens (including phenoxy) is 1. The van der Waals surface area contributed by atoms with Crippen LogP contribution < -0.4 is 4.74 Å². The quantitative estimate of drug-likeness (QED) is 0.259. The minimum Gasteiger partial charge on any atom is -0.490 e. The van der Waals surface area contributed by atoms with E-state index in [9.17, 15) is 14.7 Å². The largest absolute Gasteiger partial charge is 0.490 e. The molecule has 0 amide bonds. The molecule has 0 bridgehead atoms. The molecule has 2 aromatic carbocycles. The summed E-state index contributed by atoms with van der Waals surface area (Å²) < 4.78 is 7.21. The number of piperidine rings is 1. The number of likely N-dealkylation sites (tertiary alicyclic amines) is 1. The third-order valence-electron chi connectivity index (χ3n) is 6.68. The molecule has 3 unspecified atom stereocenters. The van der Waals surface area contributed by atoms with Crippen molar-refractivity contribution in [3.63, 3.8) is 0 Å². The van der Waals surface area contributed by atoms with Gasteiger partial charge in [0, 0.05) is 56.6 Å². The number of carbonyl (C=O) groups excluding carboxylic acids is 1. The summed E-state index contributed by atoms with van der Waals surface area (Å²) in [6, 6.07) is 16.8. The number of aliphatic hydroxyl groups is 1. The Balaban J connectivity index is 0.000000480. The van der Waals surface area contributed by atoms with Gasteiger partial charge in [-0.15, -0.1) is 11.3 Å². The summed E-state index contributed by atoms with van der Waals surface area (Å²) >= 11 is 8.24. The summed E-state index contributed by atoms with van der Waals surface area (Å²) in [5.74, 6) is -0.836. The lowest BCUT2D eigenvalue weighted by atomic mass is 9.90. The first kappa shape index (κ1) is 27.1. The molecule has 0 saturated carbocycles. The van der Waals surface area contributed by atoms with Crippen LogP contribution in [0.15, 0.2) is 54.7 Å². The molecular weight excluding hydrogens is 512 g/mol. The van der Waals surface area contributed by atoms with Crippen LogP contribution in [0.25, 0.3) is 21.0 Å². The zero-order valence-electron chi connectivity index (χ0n) is 20.8. The number of H-pyrrole nitrogens is 1. The second kappa shape index (κ2) is 12.1. The van der Waals surface area contributed by atoms with E-state index < -0.39 is 17.9 Å². The van der Waals surface area contributed by atoms with Crippen LogP contribution in [0.5, 0.6) is 5.75 Å². The van der Waals surface area contributed by atoms with Crippen molar-refractivity contribution >= 4 is 55.7 Å². The Bertz CT molecular complexity index is 1370. The maximum absolute atomic E-state index is 10.6. The van der Waals surface area contributed by atoms with Gasteiger partial charge in [-0.2, -0.15) is 0 Å². The number of fused-ring (bicyclic) bond motifs is 2. The Morgan fingerprint density at radius 3 is 2.68 bits per heavy atom. The van der Waals surface area contributed by atoms with Crippen LogP contribution in [0.3, 0.4) is 0 Å². The van der Waals surface area contributed by atoms with Gasteiger partial charge < -0.3 is 19.9 Å². The minimum absolute atomic E-state index is 0.297. The summed E-state index contributed by atoms with van der Waals surface area (Å²) in [4.78, 5) is 25.9. The van der Waals surface area contributed by atoms with E-state index >= 15 is 0 Å². The molecule has 1 aliphatic heterocycles. The van der Waals surface area contributed by atoms with Crippen LogP contribution in [0, 0.1) is 0 Å². The van der Waals surface area contributed by atoms with Gasteiger partial charge in [-0.25, -0.2) is 4.79 Å². The third kappa shape index (κ3) is 6.70. The standard InChI is InChI=1S/C25H27ClN2O2S.C3H4O3/c1-16-12-17(25-13-20-21(26)4-2-7-24(20)31-25)9-11-28(16)14-18(29)15-30-23-6-3-5-22-19(23)8-10-27-22;1-2(4)3(5)6/h2-8,10,13,16-18,27,29H,9,11-12,14-15H2,1H3;1H3,(H,5,6). The van der Waals surface area contributed by atoms with Crippen LogP contribution in [0.2, 0.25) is 5.02 Å². The first-order valence-electron chi connectivity index (χ1n) is 12.3. The number of nitrogens with zero attached hydrogens (tertiary/aromatic N) is 1. The molecule has 1 fully saturated rings. The van der Waals surface area contributed by atoms with Gasteiger partial charge in [0.15, 0.2) is 0 Å². The zero-order chi connectivity index (χ0) is 26.5. The highest BCUT2D eigenvalue weighted by molar-refractivity contribution is 7.19. The van der Waals surface area contributed by atoms with Gasteiger partial charge in [-0.1, -0.05) is 23.7 Å². The number of β-amino-alcohol motifs (C(OH)–C–C–N with tert-alkyl or cyclic N) is 1. The molecule has 3 heterocycles. The summed E-state index contributed by atoms with van der Waals surface area (Å²) in [5.41, 5.74) is 1.05. The van der Waals surface area contributed by atoms with E-state index in [1.807, 2.05) is 53.9 Å². The number of carbonyl (C=O) groups is 2. The van der Waals surface area contributed by atoms with E-state index in [0.717, 1.165) is 48.0 Å². The Kier molecular flexibility index (Phi) is 8.87. The number of aromatic nitrogens is 1. The van der Waals surface area contributed by atoms with E-state index in [0.29, 0.717) is 25.1 Å². The van der Waals surface area contributed by atoms with Crippen molar-refractivity contribution in [1.29, 1.82) is 0 Å². The molecule has 0 radical (unpaired) electrons. The number of aliphatic hydroxyl groups excluding tert-OH is 1. The molecule has 196 valence electrons. The van der Waals surface area contributed by atoms with Gasteiger partial charge in [0.25, 0.3) is 0 Å². The molecular formula is C28H31ClN2O5S. The Morgan fingerprint density at radius 2 is 1.97 bits per heavy atom. The summed E-state index contributed by atoms with van der Waals surface area (Å²) in [5, 5.41) is 21.3. The van der Waals surface area contributed by atoms with Gasteiger partial charge in [-0.3, -0.25) is 9.69 Å². The van der Waals surface area contributed by atoms with Gasteiger partial charge >= 0.3 is 5.97 Å². The fourth-order valence-electron chi connectivity index (χ4n) is 4.69. The topological polar surface area (TPSA) is 103 Å². The summed E-state index contributed by atoms with van der Waals surface area (Å²) in [7, 11) is 0. The van der Waals surface area contributed by atoms with Crippen molar-refractivity contribution in [1.82, 2.24) is 9.88 Å². The van der Waals surface area contributed by atoms with Crippen molar-refractivity contribution < 1.29 is 24.5 Å². The van der Waals surface area contributed by atoms with Crippen LogP contribution >= 0.6 is 22.9 Å². The molecule has 3 N–H and O–H groups in total. The van der Waals surface area contributed by atoms with Gasteiger partial charge in [0.05, 0.1) is 0 Å². The predicted molar refractivity (Wildman–Crippen MR) is 148 cm³/mol. The first-order valence-corrected chi connectivity index (χ1v) is 13.4. The Hall–Kier alpha value is -2.91. The summed E-state index contributed by atoms with van der Waals surface area (Å²) in [6.45, 7) is 5.18. The van der Waals surface area contributed by atoms with E-state index in [1.54, 1.807) is 0 Å². The second-order valence-electron chi connectivity index (χ2n) is 9.39. The average molecular weight is 543 g/mol. The molecule has 4 aromatic rings. The maximum Gasteiger partial charge on any atom is 0.371 e. The van der Waals surface area contributed by atoms with Crippen molar-refractivity contribution in [2.24, 2.45) is 0 Å². The van der Waals surface area contributed by atoms with Gasteiger partial charge in [0.1, 0.15) is 18.5 Å². The van der Waals surface area contributed by atoms with E-state index in [4.69, 9.17) is 21.4 Å². The molecule has 7 nitrogen and oxygen atoms in total.